The van der Waals surface area contributed by atoms with Crippen molar-refractivity contribution in [3.05, 3.63) is 102 Å². The highest BCUT2D eigenvalue weighted by Crippen LogP contribution is 2.27. The monoisotopic (exact) mass is 524 g/mol. The van der Waals surface area contributed by atoms with Crippen molar-refractivity contribution in [1.29, 1.82) is 0 Å². The van der Waals surface area contributed by atoms with Crippen molar-refractivity contribution in [3.8, 4) is 5.75 Å². The molecule has 7 heteroatoms. The van der Waals surface area contributed by atoms with Crippen LogP contribution in [0.3, 0.4) is 0 Å². The topological polar surface area (TPSA) is 73.2 Å². The van der Waals surface area contributed by atoms with Gasteiger partial charge in [0.1, 0.15) is 11.6 Å². The number of amides is 1. The normalized spacial score (nSPS) is 18.0. The molecule has 6 nitrogen and oxygen atoms in total. The predicted molar refractivity (Wildman–Crippen MR) is 152 cm³/mol. The first-order valence-corrected chi connectivity index (χ1v) is 13.6. The molecule has 1 aliphatic heterocycles. The number of para-hydroxylation sites is 2. The third-order valence-corrected chi connectivity index (χ3v) is 7.70. The summed E-state index contributed by atoms with van der Waals surface area (Å²) < 4.78 is 19.6. The van der Waals surface area contributed by atoms with Gasteiger partial charge in [0.05, 0.1) is 12.5 Å². The van der Waals surface area contributed by atoms with E-state index in [9.17, 15) is 9.18 Å². The Morgan fingerprint density at radius 1 is 0.923 bits per heavy atom. The summed E-state index contributed by atoms with van der Waals surface area (Å²) in [6.07, 6.45) is 5.60. The van der Waals surface area contributed by atoms with E-state index in [0.29, 0.717) is 25.4 Å². The second kappa shape index (κ2) is 11.3. The first-order valence-electron chi connectivity index (χ1n) is 13.6. The largest absolute Gasteiger partial charge is 0.493 e. The van der Waals surface area contributed by atoms with Crippen LogP contribution in [0.1, 0.15) is 17.5 Å². The number of carbonyl (C=O) groups excluding carboxylic acids is 1. The fourth-order valence-corrected chi connectivity index (χ4v) is 5.82. The SMILES string of the molecule is O=C(NCCc1c[nH]c2ccccc12)[C@@H]1C[C@H](COc2cccc(F)c2)CN(Cc2c[nH]c3ccccc23)C1. The fourth-order valence-electron chi connectivity index (χ4n) is 5.82. The smallest absolute Gasteiger partial charge is 0.224 e. The molecule has 39 heavy (non-hydrogen) atoms. The average Bonchev–Trinajstić information content (AvgIpc) is 3.56. The summed E-state index contributed by atoms with van der Waals surface area (Å²) in [5, 5.41) is 5.59. The van der Waals surface area contributed by atoms with Gasteiger partial charge in [0.15, 0.2) is 0 Å². The zero-order valence-electron chi connectivity index (χ0n) is 21.8. The van der Waals surface area contributed by atoms with Crippen molar-refractivity contribution in [3.63, 3.8) is 0 Å². The number of fused-ring (bicyclic) bond motifs is 2. The Balaban J connectivity index is 1.12. The molecule has 0 bridgehead atoms. The van der Waals surface area contributed by atoms with E-state index >= 15 is 0 Å². The Kier molecular flexibility index (Phi) is 7.32. The molecule has 3 N–H and O–H groups in total. The molecule has 1 amide bonds. The van der Waals surface area contributed by atoms with Gasteiger partial charge in [-0.1, -0.05) is 42.5 Å². The Morgan fingerprint density at radius 2 is 1.64 bits per heavy atom. The van der Waals surface area contributed by atoms with Crippen molar-refractivity contribution in [2.45, 2.75) is 19.4 Å². The van der Waals surface area contributed by atoms with Gasteiger partial charge in [-0.15, -0.1) is 0 Å². The van der Waals surface area contributed by atoms with Crippen LogP contribution in [0.5, 0.6) is 5.75 Å². The van der Waals surface area contributed by atoms with Crippen LogP contribution in [-0.2, 0) is 17.8 Å². The van der Waals surface area contributed by atoms with E-state index in [1.54, 1.807) is 12.1 Å². The van der Waals surface area contributed by atoms with Gasteiger partial charge in [0.25, 0.3) is 0 Å². The van der Waals surface area contributed by atoms with Crippen LogP contribution in [0.2, 0.25) is 0 Å². The summed E-state index contributed by atoms with van der Waals surface area (Å²) in [6.45, 7) is 3.28. The molecule has 0 spiro atoms. The molecule has 5 aromatic rings. The molecular formula is C32H33FN4O2. The zero-order valence-corrected chi connectivity index (χ0v) is 21.8. The predicted octanol–water partition coefficient (Wildman–Crippen LogP) is 5.66. The Morgan fingerprint density at radius 3 is 2.41 bits per heavy atom. The summed E-state index contributed by atoms with van der Waals surface area (Å²) in [5.41, 5.74) is 4.65. The number of hydrogen-bond acceptors (Lipinski definition) is 3. The summed E-state index contributed by atoms with van der Waals surface area (Å²) in [4.78, 5) is 22.4. The number of piperidine rings is 1. The number of hydrogen-bond donors (Lipinski definition) is 3. The van der Waals surface area contributed by atoms with Crippen LogP contribution < -0.4 is 10.1 Å². The van der Waals surface area contributed by atoms with Crippen LogP contribution in [0, 0.1) is 17.7 Å². The Bertz CT molecular complexity index is 1570. The van der Waals surface area contributed by atoms with Gasteiger partial charge in [-0.25, -0.2) is 4.39 Å². The van der Waals surface area contributed by atoms with Crippen molar-refractivity contribution in [1.82, 2.24) is 20.2 Å². The van der Waals surface area contributed by atoms with E-state index in [1.807, 2.05) is 24.4 Å². The molecule has 0 unspecified atom stereocenters. The Hall–Kier alpha value is -4.10. The third kappa shape index (κ3) is 5.83. The van der Waals surface area contributed by atoms with E-state index in [-0.39, 0.29) is 23.6 Å². The lowest BCUT2D eigenvalue weighted by molar-refractivity contribution is -0.127. The van der Waals surface area contributed by atoms with Crippen LogP contribution in [0.15, 0.2) is 85.2 Å². The number of benzene rings is 3. The minimum absolute atomic E-state index is 0.0780. The van der Waals surface area contributed by atoms with Crippen molar-refractivity contribution >= 4 is 27.7 Å². The van der Waals surface area contributed by atoms with E-state index in [4.69, 9.17) is 4.74 Å². The zero-order chi connectivity index (χ0) is 26.6. The summed E-state index contributed by atoms with van der Waals surface area (Å²) in [6, 6.07) is 22.7. The number of ether oxygens (including phenoxy) is 1. The van der Waals surface area contributed by atoms with Crippen molar-refractivity contribution in [2.75, 3.05) is 26.2 Å². The maximum atomic E-state index is 13.7. The lowest BCUT2D eigenvalue weighted by Gasteiger charge is -2.37. The van der Waals surface area contributed by atoms with Gasteiger partial charge < -0.3 is 20.0 Å². The number of likely N-dealkylation sites (tertiary alicyclic amines) is 1. The van der Waals surface area contributed by atoms with E-state index in [2.05, 4.69) is 56.7 Å². The number of H-pyrrole nitrogens is 2. The second-order valence-corrected chi connectivity index (χ2v) is 10.5. The first kappa shape index (κ1) is 25.2. The van der Waals surface area contributed by atoms with Crippen LogP contribution >= 0.6 is 0 Å². The molecule has 0 aliphatic carbocycles. The number of rotatable bonds is 9. The van der Waals surface area contributed by atoms with Gasteiger partial charge >= 0.3 is 0 Å². The lowest BCUT2D eigenvalue weighted by Crippen LogP contribution is -2.47. The van der Waals surface area contributed by atoms with Crippen LogP contribution in [0.4, 0.5) is 4.39 Å². The number of carbonyl (C=O) groups is 1. The van der Waals surface area contributed by atoms with Gasteiger partial charge in [-0.2, -0.15) is 0 Å². The maximum absolute atomic E-state index is 13.7. The van der Waals surface area contributed by atoms with Gasteiger partial charge in [-0.3, -0.25) is 9.69 Å². The molecule has 3 aromatic carbocycles. The minimum Gasteiger partial charge on any atom is -0.493 e. The summed E-state index contributed by atoms with van der Waals surface area (Å²) >= 11 is 0. The van der Waals surface area contributed by atoms with Crippen molar-refractivity contribution in [2.24, 2.45) is 11.8 Å². The first-order chi connectivity index (χ1) is 19.1. The van der Waals surface area contributed by atoms with E-state index < -0.39 is 0 Å². The molecule has 1 saturated heterocycles. The summed E-state index contributed by atoms with van der Waals surface area (Å²) in [7, 11) is 0. The fraction of sp³-hybridized carbons (Fsp3) is 0.281. The second-order valence-electron chi connectivity index (χ2n) is 10.5. The molecule has 6 rings (SSSR count). The number of halogens is 1. The molecule has 1 aliphatic rings. The number of nitrogens with one attached hydrogen (secondary N) is 3. The highest BCUT2D eigenvalue weighted by Gasteiger charge is 2.32. The maximum Gasteiger partial charge on any atom is 0.224 e. The highest BCUT2D eigenvalue weighted by molar-refractivity contribution is 5.84. The van der Waals surface area contributed by atoms with Crippen LogP contribution in [-0.4, -0.2) is 47.0 Å². The highest BCUT2D eigenvalue weighted by atomic mass is 19.1. The number of aromatic amines is 2. The average molecular weight is 525 g/mol. The number of aromatic nitrogens is 2. The lowest BCUT2D eigenvalue weighted by atomic mass is 9.88. The molecule has 0 radical (unpaired) electrons. The molecule has 2 aromatic heterocycles. The molecule has 200 valence electrons. The number of nitrogens with zero attached hydrogens (tertiary/aromatic N) is 1. The summed E-state index contributed by atoms with van der Waals surface area (Å²) in [5.74, 6) is 0.284. The Labute approximate surface area is 227 Å². The third-order valence-electron chi connectivity index (χ3n) is 7.70. The van der Waals surface area contributed by atoms with Gasteiger partial charge in [0.2, 0.25) is 5.91 Å². The van der Waals surface area contributed by atoms with Crippen LogP contribution in [0.25, 0.3) is 21.8 Å². The minimum atomic E-state index is -0.315. The van der Waals surface area contributed by atoms with Gasteiger partial charge in [0, 0.05) is 72.4 Å². The molecule has 1 fully saturated rings. The molecule has 2 atom stereocenters. The van der Waals surface area contributed by atoms with E-state index in [1.165, 1.54) is 34.0 Å². The molecule has 3 heterocycles. The van der Waals surface area contributed by atoms with Gasteiger partial charge in [-0.05, 0) is 48.2 Å². The standard InChI is InChI=1S/C32H33FN4O2/c33-26-6-5-7-27(15-26)39-21-22-14-24(19-37(18-22)20-25-17-36-31-11-4-2-9-29(25)31)32(38)34-13-12-23-16-35-30-10-3-1-8-28(23)30/h1-11,15-17,22,24,35-36H,12-14,18-21H2,(H,34,38)/t22-,24+/m0/s1. The quantitative estimate of drug-likeness (QED) is 0.233. The van der Waals surface area contributed by atoms with Crippen molar-refractivity contribution < 1.29 is 13.9 Å². The van der Waals surface area contributed by atoms with E-state index in [0.717, 1.165) is 37.0 Å². The molecule has 0 saturated carbocycles. The molecular weight excluding hydrogens is 491 g/mol.